The largest absolute Gasteiger partial charge is 0.493 e. The van der Waals surface area contributed by atoms with Crippen LogP contribution in [0.15, 0.2) is 36.4 Å². The van der Waals surface area contributed by atoms with Crippen LogP contribution in [0, 0.1) is 0 Å². The number of rotatable bonds is 5. The van der Waals surface area contributed by atoms with E-state index < -0.39 is 6.10 Å². The Kier molecular flexibility index (Phi) is 4.46. The summed E-state index contributed by atoms with van der Waals surface area (Å²) < 4.78 is 21.6. The maximum atomic E-state index is 12.5. The molecule has 0 aromatic heterocycles. The predicted octanol–water partition coefficient (Wildman–Crippen LogP) is 2.65. The van der Waals surface area contributed by atoms with Gasteiger partial charge in [-0.2, -0.15) is 0 Å². The normalized spacial score (nSPS) is 15.2. The summed E-state index contributed by atoms with van der Waals surface area (Å²) in [6, 6.07) is 11.0. The van der Waals surface area contributed by atoms with E-state index in [-0.39, 0.29) is 5.91 Å². The van der Waals surface area contributed by atoms with Crippen molar-refractivity contribution in [3.05, 3.63) is 42.0 Å². The number of nitrogens with one attached hydrogen (secondary N) is 1. The summed E-state index contributed by atoms with van der Waals surface area (Å²) in [5, 5.41) is 2.84. The zero-order valence-corrected chi connectivity index (χ0v) is 13.8. The van der Waals surface area contributed by atoms with E-state index in [1.54, 1.807) is 12.1 Å². The molecule has 0 bridgehead atoms. The number of hydrogen-bond acceptors (Lipinski definition) is 5. The van der Waals surface area contributed by atoms with Gasteiger partial charge in [-0.15, -0.1) is 0 Å². The molecule has 3 rings (SSSR count). The van der Waals surface area contributed by atoms with Crippen molar-refractivity contribution in [2.75, 3.05) is 26.6 Å². The van der Waals surface area contributed by atoms with Crippen LogP contribution in [0.5, 0.6) is 23.0 Å². The van der Waals surface area contributed by atoms with Gasteiger partial charge in [-0.3, -0.25) is 4.79 Å². The Morgan fingerprint density at radius 2 is 1.75 bits per heavy atom. The molecule has 0 unspecified atom stereocenters. The number of fused-ring (bicyclic) bond motifs is 1. The number of carbonyl (C=O) groups is 1. The van der Waals surface area contributed by atoms with Gasteiger partial charge in [0.15, 0.2) is 17.6 Å². The lowest BCUT2D eigenvalue weighted by Gasteiger charge is -2.16. The lowest BCUT2D eigenvalue weighted by atomic mass is 10.1. The number of ether oxygens (including phenoxy) is 4. The van der Waals surface area contributed by atoms with Gasteiger partial charge in [0.25, 0.3) is 5.91 Å². The van der Waals surface area contributed by atoms with E-state index in [9.17, 15) is 4.79 Å². The lowest BCUT2D eigenvalue weighted by molar-refractivity contribution is -0.122. The van der Waals surface area contributed by atoms with E-state index >= 15 is 0 Å². The van der Waals surface area contributed by atoms with Gasteiger partial charge in [0.2, 0.25) is 5.75 Å². The molecule has 1 N–H and O–H groups in total. The van der Waals surface area contributed by atoms with E-state index in [1.165, 1.54) is 21.3 Å². The molecule has 0 fully saturated rings. The second-order valence-electron chi connectivity index (χ2n) is 5.32. The molecule has 1 aliphatic heterocycles. The highest BCUT2D eigenvalue weighted by Gasteiger charge is 2.29. The minimum atomic E-state index is -0.554. The second kappa shape index (κ2) is 6.70. The van der Waals surface area contributed by atoms with Gasteiger partial charge in [0.05, 0.1) is 21.3 Å². The zero-order valence-electron chi connectivity index (χ0n) is 13.8. The summed E-state index contributed by atoms with van der Waals surface area (Å²) in [5.74, 6) is 1.95. The monoisotopic (exact) mass is 329 g/mol. The number of amides is 1. The Hall–Kier alpha value is -2.89. The molecule has 6 heteroatoms. The second-order valence-corrected chi connectivity index (χ2v) is 5.32. The molecule has 0 radical (unpaired) electrons. The van der Waals surface area contributed by atoms with E-state index in [0.29, 0.717) is 29.4 Å². The van der Waals surface area contributed by atoms with Crippen LogP contribution in [-0.2, 0) is 11.2 Å². The minimum Gasteiger partial charge on any atom is -0.493 e. The van der Waals surface area contributed by atoms with Crippen molar-refractivity contribution in [1.29, 1.82) is 0 Å². The summed E-state index contributed by atoms with van der Waals surface area (Å²) in [6.07, 6.45) is -0.00613. The van der Waals surface area contributed by atoms with Crippen LogP contribution in [0.4, 0.5) is 5.69 Å². The van der Waals surface area contributed by atoms with E-state index in [0.717, 1.165) is 11.3 Å². The Labute approximate surface area is 140 Å². The molecule has 0 saturated heterocycles. The number of benzene rings is 2. The van der Waals surface area contributed by atoms with Crippen LogP contribution >= 0.6 is 0 Å². The Bertz CT molecular complexity index is 709. The fourth-order valence-corrected chi connectivity index (χ4v) is 2.70. The van der Waals surface area contributed by atoms with Crippen molar-refractivity contribution in [1.82, 2.24) is 0 Å². The summed E-state index contributed by atoms with van der Waals surface area (Å²) in [5.41, 5.74) is 1.58. The average molecular weight is 329 g/mol. The molecular weight excluding hydrogens is 310 g/mol. The SMILES string of the molecule is COc1cc(NC(=O)[C@H]2Cc3ccccc3O2)cc(OC)c1OC. The van der Waals surface area contributed by atoms with Crippen molar-refractivity contribution in [3.8, 4) is 23.0 Å². The predicted molar refractivity (Wildman–Crippen MR) is 89.3 cm³/mol. The van der Waals surface area contributed by atoms with Gasteiger partial charge in [0, 0.05) is 24.2 Å². The van der Waals surface area contributed by atoms with Crippen LogP contribution in [0.25, 0.3) is 0 Å². The van der Waals surface area contributed by atoms with Gasteiger partial charge >= 0.3 is 0 Å². The molecule has 2 aromatic rings. The number of hydrogen-bond donors (Lipinski definition) is 1. The molecule has 24 heavy (non-hydrogen) atoms. The van der Waals surface area contributed by atoms with Gasteiger partial charge in [-0.05, 0) is 11.6 Å². The third-order valence-electron chi connectivity index (χ3n) is 3.87. The Morgan fingerprint density at radius 3 is 2.33 bits per heavy atom. The maximum absolute atomic E-state index is 12.5. The standard InChI is InChI=1S/C18H19NO5/c1-21-14-9-12(10-15(22-2)17(14)23-3)19-18(20)16-8-11-6-4-5-7-13(11)24-16/h4-7,9-10,16H,8H2,1-3H3,(H,19,20)/t16-/m1/s1. The highest BCUT2D eigenvalue weighted by molar-refractivity contribution is 5.95. The van der Waals surface area contributed by atoms with Gasteiger partial charge < -0.3 is 24.3 Å². The van der Waals surface area contributed by atoms with Gasteiger partial charge in [0.1, 0.15) is 5.75 Å². The smallest absolute Gasteiger partial charge is 0.265 e. The molecule has 1 atom stereocenters. The van der Waals surface area contributed by atoms with E-state index in [4.69, 9.17) is 18.9 Å². The fourth-order valence-electron chi connectivity index (χ4n) is 2.70. The van der Waals surface area contributed by atoms with Crippen molar-refractivity contribution >= 4 is 11.6 Å². The van der Waals surface area contributed by atoms with Gasteiger partial charge in [-0.25, -0.2) is 0 Å². The molecule has 1 amide bonds. The minimum absolute atomic E-state index is 0.222. The fraction of sp³-hybridized carbons (Fsp3) is 0.278. The first-order valence-electron chi connectivity index (χ1n) is 7.51. The van der Waals surface area contributed by atoms with Crippen molar-refractivity contribution < 1.29 is 23.7 Å². The van der Waals surface area contributed by atoms with Crippen LogP contribution in [0.1, 0.15) is 5.56 Å². The third-order valence-corrected chi connectivity index (χ3v) is 3.87. The summed E-state index contributed by atoms with van der Waals surface area (Å²) in [4.78, 5) is 12.5. The molecule has 126 valence electrons. The first kappa shape index (κ1) is 16.0. The molecule has 6 nitrogen and oxygen atoms in total. The molecule has 0 spiro atoms. The first-order chi connectivity index (χ1) is 11.7. The molecular formula is C18H19NO5. The third kappa shape index (κ3) is 2.95. The maximum Gasteiger partial charge on any atom is 0.265 e. The highest BCUT2D eigenvalue weighted by Crippen LogP contribution is 2.40. The molecule has 0 aliphatic carbocycles. The number of anilines is 1. The first-order valence-corrected chi connectivity index (χ1v) is 7.51. The molecule has 1 aliphatic rings. The van der Waals surface area contributed by atoms with Crippen LogP contribution in [-0.4, -0.2) is 33.3 Å². The van der Waals surface area contributed by atoms with Crippen LogP contribution in [0.3, 0.4) is 0 Å². The summed E-state index contributed by atoms with van der Waals surface area (Å²) >= 11 is 0. The highest BCUT2D eigenvalue weighted by atomic mass is 16.5. The van der Waals surface area contributed by atoms with Gasteiger partial charge in [-0.1, -0.05) is 18.2 Å². The van der Waals surface area contributed by atoms with Crippen molar-refractivity contribution in [2.45, 2.75) is 12.5 Å². The number of carbonyl (C=O) groups excluding carboxylic acids is 1. The van der Waals surface area contributed by atoms with Crippen LogP contribution < -0.4 is 24.3 Å². The van der Waals surface area contributed by atoms with Crippen LogP contribution in [0.2, 0.25) is 0 Å². The molecule has 2 aromatic carbocycles. The Morgan fingerprint density at radius 1 is 1.08 bits per heavy atom. The van der Waals surface area contributed by atoms with Crippen molar-refractivity contribution in [2.24, 2.45) is 0 Å². The van der Waals surface area contributed by atoms with E-state index in [1.807, 2.05) is 24.3 Å². The number of para-hydroxylation sites is 1. The Balaban J connectivity index is 1.78. The van der Waals surface area contributed by atoms with Crippen molar-refractivity contribution in [3.63, 3.8) is 0 Å². The molecule has 0 saturated carbocycles. The van der Waals surface area contributed by atoms with E-state index in [2.05, 4.69) is 5.32 Å². The summed E-state index contributed by atoms with van der Waals surface area (Å²) in [7, 11) is 4.58. The quantitative estimate of drug-likeness (QED) is 0.913. The summed E-state index contributed by atoms with van der Waals surface area (Å²) in [6.45, 7) is 0. The topological polar surface area (TPSA) is 66.0 Å². The molecule has 1 heterocycles. The average Bonchev–Trinajstić information content (AvgIpc) is 3.05. The zero-order chi connectivity index (χ0) is 17.1. The number of methoxy groups -OCH3 is 3. The lowest BCUT2D eigenvalue weighted by Crippen LogP contribution is -2.31.